The third-order valence-electron chi connectivity index (χ3n) is 5.37. The summed E-state index contributed by atoms with van der Waals surface area (Å²) in [5.74, 6) is 1.57. The van der Waals surface area contributed by atoms with Crippen molar-refractivity contribution in [2.75, 3.05) is 0 Å². The summed E-state index contributed by atoms with van der Waals surface area (Å²) in [6.45, 7) is 13.5. The van der Waals surface area contributed by atoms with E-state index >= 15 is 0 Å². The standard InChI is InChI=1S/C18H24N2/c1-9-7-15-12(4)13(5)16-11(3)10(2)8-19-18(16)17(15)20-14(9)6/h7-9,12-14H,1-6H3/t9-,12-,13+,14-/m1/s1. The Hall–Kier alpha value is -1.44. The van der Waals surface area contributed by atoms with Crippen LogP contribution < -0.4 is 0 Å². The maximum atomic E-state index is 4.97. The molecule has 2 aliphatic rings. The van der Waals surface area contributed by atoms with E-state index in [-0.39, 0.29) is 0 Å². The zero-order chi connectivity index (χ0) is 14.6. The van der Waals surface area contributed by atoms with Crippen molar-refractivity contribution in [1.29, 1.82) is 0 Å². The van der Waals surface area contributed by atoms with E-state index in [0.29, 0.717) is 23.8 Å². The molecule has 0 fully saturated rings. The maximum Gasteiger partial charge on any atom is 0.0922 e. The molecule has 3 rings (SSSR count). The maximum absolute atomic E-state index is 4.97. The normalized spacial score (nSPS) is 32.1. The molecule has 2 nitrogen and oxygen atoms in total. The summed E-state index contributed by atoms with van der Waals surface area (Å²) in [5.41, 5.74) is 7.78. The van der Waals surface area contributed by atoms with Crippen LogP contribution in [0.4, 0.5) is 0 Å². The summed E-state index contributed by atoms with van der Waals surface area (Å²) in [6, 6.07) is 0.352. The molecular formula is C18H24N2. The van der Waals surface area contributed by atoms with Gasteiger partial charge in [-0.3, -0.25) is 9.98 Å². The van der Waals surface area contributed by atoms with Gasteiger partial charge in [-0.2, -0.15) is 0 Å². The summed E-state index contributed by atoms with van der Waals surface area (Å²) >= 11 is 0. The van der Waals surface area contributed by atoms with Crippen molar-refractivity contribution in [3.8, 4) is 0 Å². The molecule has 0 radical (unpaired) electrons. The quantitative estimate of drug-likeness (QED) is 0.692. The molecule has 0 spiro atoms. The van der Waals surface area contributed by atoms with E-state index in [2.05, 4.69) is 47.6 Å². The van der Waals surface area contributed by atoms with Gasteiger partial charge in [0.1, 0.15) is 0 Å². The number of hydrogen-bond acceptors (Lipinski definition) is 2. The van der Waals surface area contributed by atoms with Gasteiger partial charge in [-0.1, -0.05) is 26.8 Å². The van der Waals surface area contributed by atoms with Crippen LogP contribution in [0.25, 0.3) is 0 Å². The van der Waals surface area contributed by atoms with E-state index in [9.17, 15) is 0 Å². The molecule has 20 heavy (non-hydrogen) atoms. The van der Waals surface area contributed by atoms with Gasteiger partial charge in [0.2, 0.25) is 0 Å². The van der Waals surface area contributed by atoms with E-state index in [1.165, 1.54) is 22.3 Å². The van der Waals surface area contributed by atoms with Crippen LogP contribution in [0.1, 0.15) is 56.0 Å². The number of aryl methyl sites for hydroxylation is 1. The van der Waals surface area contributed by atoms with E-state index in [0.717, 1.165) is 11.4 Å². The van der Waals surface area contributed by atoms with Crippen LogP contribution in [-0.2, 0) is 0 Å². The van der Waals surface area contributed by atoms with Gasteiger partial charge < -0.3 is 0 Å². The number of fused-ring (bicyclic) bond motifs is 3. The zero-order valence-electron chi connectivity index (χ0n) is 13.4. The van der Waals surface area contributed by atoms with Crippen molar-refractivity contribution in [1.82, 2.24) is 4.98 Å². The molecule has 0 saturated carbocycles. The summed E-state index contributed by atoms with van der Waals surface area (Å²) in [6.07, 6.45) is 4.42. The molecule has 2 heteroatoms. The number of pyridine rings is 1. The second-order valence-corrected chi connectivity index (χ2v) is 6.61. The van der Waals surface area contributed by atoms with E-state index in [1.807, 2.05) is 6.20 Å². The third-order valence-corrected chi connectivity index (χ3v) is 5.37. The van der Waals surface area contributed by atoms with Gasteiger partial charge >= 0.3 is 0 Å². The van der Waals surface area contributed by atoms with Gasteiger partial charge in [-0.05, 0) is 60.8 Å². The fraction of sp³-hybridized carbons (Fsp3) is 0.556. The topological polar surface area (TPSA) is 25.2 Å². The summed E-state index contributed by atoms with van der Waals surface area (Å²) in [5, 5.41) is 0. The minimum atomic E-state index is 0.352. The smallest absolute Gasteiger partial charge is 0.0922 e. The molecule has 1 aliphatic heterocycles. The van der Waals surface area contributed by atoms with Crippen LogP contribution in [0.5, 0.6) is 0 Å². The molecule has 0 amide bonds. The van der Waals surface area contributed by atoms with E-state index in [1.54, 1.807) is 0 Å². The number of aliphatic imine (C=N–C) groups is 1. The predicted molar refractivity (Wildman–Crippen MR) is 84.5 cm³/mol. The number of rotatable bonds is 0. The van der Waals surface area contributed by atoms with Gasteiger partial charge in [-0.25, -0.2) is 0 Å². The van der Waals surface area contributed by atoms with Gasteiger partial charge in [0.15, 0.2) is 0 Å². The SMILES string of the molecule is Cc1cnc2c(c1C)[C@@H](C)[C@@H](C)C1=C[C@@H](C)[C@@H](C)N=C12. The molecule has 0 N–H and O–H groups in total. The first-order chi connectivity index (χ1) is 9.41. The Kier molecular flexibility index (Phi) is 3.07. The van der Waals surface area contributed by atoms with Gasteiger partial charge in [-0.15, -0.1) is 0 Å². The molecule has 106 valence electrons. The Balaban J connectivity index is 2.27. The third kappa shape index (κ3) is 1.77. The molecule has 0 unspecified atom stereocenters. The first kappa shape index (κ1) is 13.5. The first-order valence-electron chi connectivity index (χ1n) is 7.68. The fourth-order valence-corrected chi connectivity index (χ4v) is 3.45. The van der Waals surface area contributed by atoms with Crippen molar-refractivity contribution >= 4 is 5.71 Å². The van der Waals surface area contributed by atoms with Crippen molar-refractivity contribution in [2.45, 2.75) is 53.5 Å². The molecule has 1 aliphatic carbocycles. The second-order valence-electron chi connectivity index (χ2n) is 6.61. The number of nitrogens with zero attached hydrogens (tertiary/aromatic N) is 2. The largest absolute Gasteiger partial charge is 0.279 e. The lowest BCUT2D eigenvalue weighted by Crippen LogP contribution is -2.32. The first-order valence-corrected chi connectivity index (χ1v) is 7.68. The van der Waals surface area contributed by atoms with Crippen LogP contribution in [-0.4, -0.2) is 16.7 Å². The van der Waals surface area contributed by atoms with E-state index in [4.69, 9.17) is 9.98 Å². The molecule has 1 aromatic heterocycles. The lowest BCUT2D eigenvalue weighted by Gasteiger charge is -2.37. The Morgan fingerprint density at radius 2 is 1.70 bits per heavy atom. The molecule has 1 aromatic rings. The highest BCUT2D eigenvalue weighted by Crippen LogP contribution is 2.42. The molecule has 4 atom stereocenters. The van der Waals surface area contributed by atoms with Crippen LogP contribution in [0, 0.1) is 25.7 Å². The van der Waals surface area contributed by atoms with Crippen LogP contribution in [0.3, 0.4) is 0 Å². The van der Waals surface area contributed by atoms with Crippen LogP contribution in [0.2, 0.25) is 0 Å². The van der Waals surface area contributed by atoms with Gasteiger partial charge in [0.05, 0.1) is 17.4 Å². The molecule has 2 heterocycles. The van der Waals surface area contributed by atoms with Crippen molar-refractivity contribution in [3.63, 3.8) is 0 Å². The van der Waals surface area contributed by atoms with E-state index < -0.39 is 0 Å². The number of aromatic nitrogens is 1. The molecule has 0 aromatic carbocycles. The van der Waals surface area contributed by atoms with Gasteiger partial charge in [0, 0.05) is 6.20 Å². The fourth-order valence-electron chi connectivity index (χ4n) is 3.45. The van der Waals surface area contributed by atoms with Crippen molar-refractivity contribution in [3.05, 3.63) is 40.2 Å². The molecular weight excluding hydrogens is 244 g/mol. The average Bonchev–Trinajstić information content (AvgIpc) is 2.41. The number of dihydropyridines is 1. The highest BCUT2D eigenvalue weighted by molar-refractivity contribution is 6.14. The summed E-state index contributed by atoms with van der Waals surface area (Å²) in [7, 11) is 0. The van der Waals surface area contributed by atoms with Crippen molar-refractivity contribution in [2.24, 2.45) is 16.8 Å². The number of allylic oxidation sites excluding steroid dienone is 1. The highest BCUT2D eigenvalue weighted by atomic mass is 14.9. The van der Waals surface area contributed by atoms with Gasteiger partial charge in [0.25, 0.3) is 0 Å². The Morgan fingerprint density at radius 3 is 2.40 bits per heavy atom. The minimum Gasteiger partial charge on any atom is -0.279 e. The average molecular weight is 268 g/mol. The monoisotopic (exact) mass is 268 g/mol. The summed E-state index contributed by atoms with van der Waals surface area (Å²) < 4.78 is 0. The Bertz CT molecular complexity index is 625. The van der Waals surface area contributed by atoms with Crippen molar-refractivity contribution < 1.29 is 0 Å². The zero-order valence-corrected chi connectivity index (χ0v) is 13.4. The Labute approximate surface area is 122 Å². The molecule has 0 saturated heterocycles. The summed E-state index contributed by atoms with van der Waals surface area (Å²) in [4.78, 5) is 9.70. The lowest BCUT2D eigenvalue weighted by molar-refractivity contribution is 0.519. The predicted octanol–water partition coefficient (Wildman–Crippen LogP) is 4.21. The van der Waals surface area contributed by atoms with Crippen LogP contribution in [0.15, 0.2) is 22.8 Å². The molecule has 0 bridgehead atoms. The minimum absolute atomic E-state index is 0.352. The number of hydrogen-bond donors (Lipinski definition) is 0. The second kappa shape index (κ2) is 4.54. The Morgan fingerprint density at radius 1 is 1.00 bits per heavy atom. The lowest BCUT2D eigenvalue weighted by atomic mass is 9.71. The van der Waals surface area contributed by atoms with Crippen LogP contribution >= 0.6 is 0 Å². The highest BCUT2D eigenvalue weighted by Gasteiger charge is 2.36.